The van der Waals surface area contributed by atoms with Crippen molar-refractivity contribution < 1.29 is 4.79 Å². The average molecular weight is 526 g/mol. The number of alkyl halides is 1. The Balaban J connectivity index is 0.000000572. The Kier molecular flexibility index (Phi) is 12.5. The fourth-order valence-electron chi connectivity index (χ4n) is 3.35. The van der Waals surface area contributed by atoms with Crippen molar-refractivity contribution >= 4 is 52.7 Å². The van der Waals surface area contributed by atoms with Gasteiger partial charge in [0.15, 0.2) is 6.29 Å². The summed E-state index contributed by atoms with van der Waals surface area (Å²) < 4.78 is 2.96. The number of nitrogens with zero attached hydrogens (tertiary/aromatic N) is 2. The Labute approximate surface area is 224 Å². The van der Waals surface area contributed by atoms with Crippen LogP contribution in [0.2, 0.25) is 0 Å². The van der Waals surface area contributed by atoms with Crippen molar-refractivity contribution in [1.29, 1.82) is 5.41 Å². The Morgan fingerprint density at radius 3 is 2.44 bits per heavy atom. The topological polar surface area (TPSA) is 81.1 Å². The third-order valence-electron chi connectivity index (χ3n) is 5.24. The molecular weight excluding hydrogens is 490 g/mol. The van der Waals surface area contributed by atoms with Gasteiger partial charge >= 0.3 is 0 Å². The molecule has 3 aromatic rings. The zero-order valence-corrected chi connectivity index (χ0v) is 23.2. The maximum Gasteiger partial charge on any atom is 0.168 e. The first-order valence-electron chi connectivity index (χ1n) is 11.9. The Morgan fingerprint density at radius 2 is 1.86 bits per heavy atom. The van der Waals surface area contributed by atoms with E-state index in [1.165, 1.54) is 0 Å². The summed E-state index contributed by atoms with van der Waals surface area (Å²) in [4.78, 5) is 18.1. The molecular formula is C28H36ClN5OS. The molecule has 0 fully saturated rings. The van der Waals surface area contributed by atoms with Crippen molar-refractivity contribution in [3.63, 3.8) is 0 Å². The van der Waals surface area contributed by atoms with Crippen LogP contribution in [0.1, 0.15) is 36.3 Å². The quantitative estimate of drug-likeness (QED) is 0.0832. The molecule has 0 saturated heterocycles. The second kappa shape index (κ2) is 15.3. The van der Waals surface area contributed by atoms with Crippen LogP contribution in [-0.2, 0) is 0 Å². The zero-order chi connectivity index (χ0) is 26.5. The van der Waals surface area contributed by atoms with Gasteiger partial charge in [0.2, 0.25) is 0 Å². The van der Waals surface area contributed by atoms with E-state index in [2.05, 4.69) is 15.0 Å². The molecule has 1 aromatic heterocycles. The maximum absolute atomic E-state index is 11.6. The lowest BCUT2D eigenvalue weighted by Crippen LogP contribution is -2.14. The summed E-state index contributed by atoms with van der Waals surface area (Å²) in [7, 11) is 5.88. The molecule has 8 heteroatoms. The SMILES string of the molecule is CC(C)C(=N)c1c(-c2ccccc2)cc(C=O)nc1Nc1cccc(N(C)C)c1.CNSCCCCl. The normalized spacial score (nSPS) is 10.4. The number of aromatic nitrogens is 1. The summed E-state index contributed by atoms with van der Waals surface area (Å²) in [5, 5.41) is 12.1. The van der Waals surface area contributed by atoms with Crippen LogP contribution in [-0.4, -0.2) is 49.8 Å². The maximum atomic E-state index is 11.6. The van der Waals surface area contributed by atoms with Crippen molar-refractivity contribution in [3.8, 4) is 11.1 Å². The van der Waals surface area contributed by atoms with Crippen molar-refractivity contribution in [3.05, 3.63) is 71.9 Å². The summed E-state index contributed by atoms with van der Waals surface area (Å²) >= 11 is 7.09. The molecule has 0 aliphatic carbocycles. The van der Waals surface area contributed by atoms with Crippen LogP contribution in [0.3, 0.4) is 0 Å². The number of carbonyl (C=O) groups excluding carboxylic acids is 1. The minimum Gasteiger partial charge on any atom is -0.378 e. The third-order valence-corrected chi connectivity index (χ3v) is 6.29. The van der Waals surface area contributed by atoms with Crippen molar-refractivity contribution in [2.45, 2.75) is 20.3 Å². The number of carbonyl (C=O) groups is 1. The average Bonchev–Trinajstić information content (AvgIpc) is 2.89. The van der Waals surface area contributed by atoms with E-state index in [-0.39, 0.29) is 5.92 Å². The fourth-order valence-corrected chi connectivity index (χ4v) is 4.13. The van der Waals surface area contributed by atoms with E-state index in [1.54, 1.807) is 18.0 Å². The van der Waals surface area contributed by atoms with Crippen LogP contribution in [0, 0.1) is 11.3 Å². The number of benzene rings is 2. The van der Waals surface area contributed by atoms with Gasteiger partial charge in [-0.2, -0.15) is 0 Å². The van der Waals surface area contributed by atoms with Gasteiger partial charge in [-0.25, -0.2) is 4.98 Å². The molecule has 2 aromatic carbocycles. The highest BCUT2D eigenvalue weighted by Crippen LogP contribution is 2.33. The minimum atomic E-state index is 0.00926. The molecule has 0 unspecified atom stereocenters. The third kappa shape index (κ3) is 8.66. The molecule has 0 atom stereocenters. The van der Waals surface area contributed by atoms with Gasteiger partial charge in [0.05, 0.1) is 0 Å². The van der Waals surface area contributed by atoms with Gasteiger partial charge in [-0.05, 0) is 54.8 Å². The summed E-state index contributed by atoms with van der Waals surface area (Å²) in [6.45, 7) is 3.97. The van der Waals surface area contributed by atoms with Crippen molar-refractivity contribution in [1.82, 2.24) is 9.71 Å². The first kappa shape index (κ1) is 29.4. The fraction of sp³-hybridized carbons (Fsp3) is 0.321. The highest BCUT2D eigenvalue weighted by Gasteiger charge is 2.20. The van der Waals surface area contributed by atoms with Crippen molar-refractivity contribution in [2.24, 2.45) is 5.92 Å². The Morgan fingerprint density at radius 1 is 1.14 bits per heavy atom. The lowest BCUT2D eigenvalue weighted by atomic mass is 9.91. The van der Waals surface area contributed by atoms with Gasteiger partial charge in [-0.15, -0.1) is 11.6 Å². The minimum absolute atomic E-state index is 0.00926. The molecule has 1 heterocycles. The lowest BCUT2D eigenvalue weighted by Gasteiger charge is -2.20. The molecule has 6 nitrogen and oxygen atoms in total. The number of halogens is 1. The molecule has 3 rings (SSSR count). The van der Waals surface area contributed by atoms with E-state index >= 15 is 0 Å². The van der Waals surface area contributed by atoms with Crippen LogP contribution < -0.4 is 14.9 Å². The lowest BCUT2D eigenvalue weighted by molar-refractivity contribution is 0.111. The van der Waals surface area contributed by atoms with E-state index < -0.39 is 0 Å². The van der Waals surface area contributed by atoms with Gasteiger partial charge in [0.25, 0.3) is 0 Å². The molecule has 0 spiro atoms. The molecule has 36 heavy (non-hydrogen) atoms. The molecule has 192 valence electrons. The Bertz CT molecular complexity index is 1120. The van der Waals surface area contributed by atoms with Gasteiger partial charge in [0, 0.05) is 48.4 Å². The van der Waals surface area contributed by atoms with E-state index in [4.69, 9.17) is 17.0 Å². The largest absolute Gasteiger partial charge is 0.378 e. The predicted molar refractivity (Wildman–Crippen MR) is 158 cm³/mol. The van der Waals surface area contributed by atoms with E-state index in [0.717, 1.165) is 46.8 Å². The molecule has 0 amide bonds. The van der Waals surface area contributed by atoms with Crippen molar-refractivity contribution in [2.75, 3.05) is 43.0 Å². The number of nitrogens with one attached hydrogen (secondary N) is 3. The van der Waals surface area contributed by atoms with Gasteiger partial charge in [0.1, 0.15) is 11.5 Å². The summed E-state index contributed by atoms with van der Waals surface area (Å²) in [6, 6.07) is 19.5. The number of hydrogen-bond donors (Lipinski definition) is 3. The summed E-state index contributed by atoms with van der Waals surface area (Å²) in [6.07, 6.45) is 1.84. The molecule has 0 saturated carbocycles. The highest BCUT2D eigenvalue weighted by atomic mass is 35.5. The van der Waals surface area contributed by atoms with E-state index in [1.807, 2.05) is 94.5 Å². The first-order valence-corrected chi connectivity index (χ1v) is 13.4. The van der Waals surface area contributed by atoms with Crippen LogP contribution in [0.15, 0.2) is 60.7 Å². The molecule has 0 radical (unpaired) electrons. The van der Waals surface area contributed by atoms with Gasteiger partial charge < -0.3 is 15.6 Å². The van der Waals surface area contributed by atoms with E-state index in [9.17, 15) is 4.79 Å². The second-order valence-electron chi connectivity index (χ2n) is 8.54. The Hall–Kier alpha value is -2.87. The number of hydrogen-bond acceptors (Lipinski definition) is 7. The number of aldehydes is 1. The predicted octanol–water partition coefficient (Wildman–Crippen LogP) is 6.88. The number of anilines is 3. The van der Waals surface area contributed by atoms with Gasteiger partial charge in [-0.1, -0.05) is 62.2 Å². The zero-order valence-electron chi connectivity index (χ0n) is 21.6. The number of rotatable bonds is 11. The van der Waals surface area contributed by atoms with Crippen LogP contribution in [0.5, 0.6) is 0 Å². The molecule has 3 N–H and O–H groups in total. The molecule has 0 aliphatic rings. The standard InChI is InChI=1S/C24H26N4O.C4H10ClNS/c1-16(2)23(25)22-21(17-9-6-5-7-10-17)14-19(15-29)27-24(22)26-18-11-8-12-20(13-18)28(3)4;1-6-7-4-2-3-5/h5-16,25H,1-4H3,(H,26,27);6H,2-4H2,1H3. The second-order valence-corrected chi connectivity index (χ2v) is 10.0. The van der Waals surface area contributed by atoms with E-state index in [0.29, 0.717) is 22.8 Å². The monoisotopic (exact) mass is 525 g/mol. The van der Waals surface area contributed by atoms with Crippen LogP contribution in [0.25, 0.3) is 11.1 Å². The summed E-state index contributed by atoms with van der Waals surface area (Å²) in [5.74, 6) is 2.41. The van der Waals surface area contributed by atoms with Crippen LogP contribution >= 0.6 is 23.5 Å². The summed E-state index contributed by atoms with van der Waals surface area (Å²) in [5.41, 5.74) is 5.19. The highest BCUT2D eigenvalue weighted by molar-refractivity contribution is 7.97. The smallest absolute Gasteiger partial charge is 0.168 e. The molecule has 0 aliphatic heterocycles. The van der Waals surface area contributed by atoms with Crippen LogP contribution in [0.4, 0.5) is 17.2 Å². The number of pyridine rings is 1. The van der Waals surface area contributed by atoms with Gasteiger partial charge in [-0.3, -0.25) is 9.52 Å². The molecule has 0 bridgehead atoms. The first-order chi connectivity index (χ1) is 17.3.